The van der Waals surface area contributed by atoms with E-state index >= 15 is 0 Å². The maximum atomic E-state index is 12.7. The minimum atomic E-state index is -0.102. The number of hydrogen-bond donors (Lipinski definition) is 0. The molecule has 2 aliphatic rings. The Labute approximate surface area is 154 Å². The van der Waals surface area contributed by atoms with E-state index in [1.165, 1.54) is 6.08 Å². The molecule has 1 saturated heterocycles. The van der Waals surface area contributed by atoms with E-state index in [4.69, 9.17) is 9.47 Å². The van der Waals surface area contributed by atoms with Crippen molar-refractivity contribution in [1.29, 1.82) is 0 Å². The van der Waals surface area contributed by atoms with Gasteiger partial charge < -0.3 is 14.4 Å². The molecule has 1 aliphatic carbocycles. The summed E-state index contributed by atoms with van der Waals surface area (Å²) in [6.07, 6.45) is 1.96. The Morgan fingerprint density at radius 1 is 1.08 bits per heavy atom. The molecule has 0 atom stereocenters. The Morgan fingerprint density at radius 2 is 1.69 bits per heavy atom. The predicted molar refractivity (Wildman–Crippen MR) is 99.0 cm³/mol. The number of fused-ring (bicyclic) bond motifs is 1. The number of carbonyl (C=O) groups is 2. The second-order valence-corrected chi connectivity index (χ2v) is 6.99. The zero-order valence-electron chi connectivity index (χ0n) is 15.9. The van der Waals surface area contributed by atoms with Crippen LogP contribution in [0.2, 0.25) is 0 Å². The Balaban J connectivity index is 1.74. The first-order valence-corrected chi connectivity index (χ1v) is 8.97. The van der Waals surface area contributed by atoms with Gasteiger partial charge in [-0.15, -0.1) is 0 Å². The molecule has 1 heterocycles. The molecule has 1 fully saturated rings. The Bertz CT molecular complexity index is 746. The summed E-state index contributed by atoms with van der Waals surface area (Å²) in [7, 11) is 3.11. The van der Waals surface area contributed by atoms with E-state index in [2.05, 4.69) is 18.7 Å². The highest BCUT2D eigenvalue weighted by atomic mass is 16.5. The molecular formula is C20H26N2O4. The fraction of sp³-hybridized carbons (Fsp3) is 0.500. The number of nitrogens with zero attached hydrogens (tertiary/aromatic N) is 2. The van der Waals surface area contributed by atoms with Crippen LogP contribution in [0.3, 0.4) is 0 Å². The number of ketones is 1. The first-order chi connectivity index (χ1) is 12.4. The van der Waals surface area contributed by atoms with Crippen molar-refractivity contribution in [3.05, 3.63) is 34.9 Å². The molecule has 1 aromatic carbocycles. The van der Waals surface area contributed by atoms with Crippen LogP contribution in [0.25, 0.3) is 0 Å². The molecule has 0 bridgehead atoms. The van der Waals surface area contributed by atoms with Gasteiger partial charge in [-0.25, -0.2) is 0 Å². The fourth-order valence-electron chi connectivity index (χ4n) is 3.55. The second kappa shape index (κ2) is 7.50. The summed E-state index contributed by atoms with van der Waals surface area (Å²) in [5.41, 5.74) is 1.99. The molecule has 0 spiro atoms. The van der Waals surface area contributed by atoms with Crippen LogP contribution in [0.4, 0.5) is 0 Å². The van der Waals surface area contributed by atoms with E-state index in [9.17, 15) is 9.59 Å². The standard InChI is InChI=1S/C20H26N2O4/c1-13(2)21-5-7-22(8-6-21)19(23)11-15-9-14-10-17(25-3)18(26-4)12-16(14)20(15)24/h10-13H,5-9H2,1-4H3. The molecule has 0 unspecified atom stereocenters. The topological polar surface area (TPSA) is 59.1 Å². The minimum Gasteiger partial charge on any atom is -0.493 e. The molecule has 140 valence electrons. The fourth-order valence-corrected chi connectivity index (χ4v) is 3.55. The third-order valence-corrected chi connectivity index (χ3v) is 5.18. The summed E-state index contributed by atoms with van der Waals surface area (Å²) in [4.78, 5) is 29.5. The third-order valence-electron chi connectivity index (χ3n) is 5.18. The number of amides is 1. The van der Waals surface area contributed by atoms with Gasteiger partial charge in [0, 0.05) is 55.9 Å². The van der Waals surface area contributed by atoms with Gasteiger partial charge in [-0.3, -0.25) is 14.5 Å². The van der Waals surface area contributed by atoms with Gasteiger partial charge in [0.1, 0.15) is 0 Å². The summed E-state index contributed by atoms with van der Waals surface area (Å²) in [6.45, 7) is 7.46. The lowest BCUT2D eigenvalue weighted by atomic mass is 10.1. The number of methoxy groups -OCH3 is 2. The molecule has 1 aromatic rings. The number of rotatable bonds is 4. The lowest BCUT2D eigenvalue weighted by molar-refractivity contribution is -0.128. The van der Waals surface area contributed by atoms with Gasteiger partial charge in [-0.1, -0.05) is 0 Å². The quantitative estimate of drug-likeness (QED) is 0.770. The first-order valence-electron chi connectivity index (χ1n) is 8.97. The first kappa shape index (κ1) is 18.5. The number of Topliss-reactive ketones (excluding diaryl/α,β-unsaturated/α-hetero) is 1. The van der Waals surface area contributed by atoms with Crippen LogP contribution in [0, 0.1) is 0 Å². The molecule has 3 rings (SSSR count). The molecule has 6 nitrogen and oxygen atoms in total. The Morgan fingerprint density at radius 3 is 2.27 bits per heavy atom. The van der Waals surface area contributed by atoms with Crippen molar-refractivity contribution in [2.45, 2.75) is 26.3 Å². The number of piperazine rings is 1. The van der Waals surface area contributed by atoms with Gasteiger partial charge in [0.25, 0.3) is 0 Å². The third kappa shape index (κ3) is 3.46. The van der Waals surface area contributed by atoms with E-state index in [0.29, 0.717) is 48.2 Å². The monoisotopic (exact) mass is 358 g/mol. The number of ether oxygens (including phenoxy) is 2. The van der Waals surface area contributed by atoms with E-state index in [1.54, 1.807) is 20.3 Å². The van der Waals surface area contributed by atoms with Crippen molar-refractivity contribution < 1.29 is 19.1 Å². The largest absolute Gasteiger partial charge is 0.493 e. The smallest absolute Gasteiger partial charge is 0.247 e. The predicted octanol–water partition coefficient (Wildman–Crippen LogP) is 1.92. The number of carbonyl (C=O) groups excluding carboxylic acids is 2. The van der Waals surface area contributed by atoms with Crippen LogP contribution in [-0.4, -0.2) is 67.9 Å². The average molecular weight is 358 g/mol. The zero-order valence-corrected chi connectivity index (χ0v) is 15.9. The zero-order chi connectivity index (χ0) is 18.8. The minimum absolute atomic E-state index is 0.0801. The summed E-state index contributed by atoms with van der Waals surface area (Å²) >= 11 is 0. The van der Waals surface area contributed by atoms with Crippen LogP contribution in [0.5, 0.6) is 11.5 Å². The van der Waals surface area contributed by atoms with Crippen LogP contribution < -0.4 is 9.47 Å². The van der Waals surface area contributed by atoms with Gasteiger partial charge in [0.15, 0.2) is 17.3 Å². The molecular weight excluding hydrogens is 332 g/mol. The van der Waals surface area contributed by atoms with Crippen molar-refractivity contribution in [2.24, 2.45) is 0 Å². The highest BCUT2D eigenvalue weighted by Crippen LogP contribution is 2.36. The summed E-state index contributed by atoms with van der Waals surface area (Å²) < 4.78 is 10.6. The van der Waals surface area contributed by atoms with Crippen LogP contribution >= 0.6 is 0 Å². The van der Waals surface area contributed by atoms with E-state index < -0.39 is 0 Å². The maximum Gasteiger partial charge on any atom is 0.247 e. The van der Waals surface area contributed by atoms with Crippen molar-refractivity contribution in [2.75, 3.05) is 40.4 Å². The lowest BCUT2D eigenvalue weighted by Gasteiger charge is -2.36. The van der Waals surface area contributed by atoms with E-state index in [0.717, 1.165) is 18.7 Å². The van der Waals surface area contributed by atoms with Crippen molar-refractivity contribution in [3.8, 4) is 11.5 Å². The Kier molecular flexibility index (Phi) is 5.32. The SMILES string of the molecule is COc1cc2c(cc1OC)C(=O)C(=CC(=O)N1CCN(C(C)C)CC1)C2. The number of allylic oxidation sites excluding steroid dienone is 1. The maximum absolute atomic E-state index is 12.7. The van der Waals surface area contributed by atoms with Crippen LogP contribution in [0.1, 0.15) is 29.8 Å². The highest BCUT2D eigenvalue weighted by molar-refractivity contribution is 6.16. The highest BCUT2D eigenvalue weighted by Gasteiger charge is 2.29. The molecule has 6 heteroatoms. The summed E-state index contributed by atoms with van der Waals surface area (Å²) in [5.74, 6) is 0.937. The van der Waals surface area contributed by atoms with Crippen LogP contribution in [-0.2, 0) is 11.2 Å². The van der Waals surface area contributed by atoms with E-state index in [1.807, 2.05) is 11.0 Å². The molecule has 0 N–H and O–H groups in total. The molecule has 26 heavy (non-hydrogen) atoms. The van der Waals surface area contributed by atoms with Crippen molar-refractivity contribution >= 4 is 11.7 Å². The van der Waals surface area contributed by atoms with Gasteiger partial charge >= 0.3 is 0 Å². The van der Waals surface area contributed by atoms with Gasteiger partial charge in [-0.2, -0.15) is 0 Å². The molecule has 1 aliphatic heterocycles. The summed E-state index contributed by atoms with van der Waals surface area (Å²) in [6, 6.07) is 4.00. The van der Waals surface area contributed by atoms with E-state index in [-0.39, 0.29) is 11.7 Å². The van der Waals surface area contributed by atoms with Crippen molar-refractivity contribution in [3.63, 3.8) is 0 Å². The summed E-state index contributed by atoms with van der Waals surface area (Å²) in [5, 5.41) is 0. The van der Waals surface area contributed by atoms with Gasteiger partial charge in [0.2, 0.25) is 5.91 Å². The molecule has 0 saturated carbocycles. The number of hydrogen-bond acceptors (Lipinski definition) is 5. The number of benzene rings is 1. The second-order valence-electron chi connectivity index (χ2n) is 6.99. The van der Waals surface area contributed by atoms with Crippen LogP contribution in [0.15, 0.2) is 23.8 Å². The average Bonchev–Trinajstić information content (AvgIpc) is 2.95. The lowest BCUT2D eigenvalue weighted by Crippen LogP contribution is -2.50. The normalized spacial score (nSPS) is 19.2. The van der Waals surface area contributed by atoms with Gasteiger partial charge in [-0.05, 0) is 31.5 Å². The molecule has 0 radical (unpaired) electrons. The molecule has 0 aromatic heterocycles. The van der Waals surface area contributed by atoms with Gasteiger partial charge in [0.05, 0.1) is 14.2 Å². The van der Waals surface area contributed by atoms with Crippen molar-refractivity contribution in [1.82, 2.24) is 9.80 Å². The molecule has 1 amide bonds. The Hall–Kier alpha value is -2.34.